The molecule has 0 saturated carbocycles. The molecule has 26 heavy (non-hydrogen) atoms. The van der Waals surface area contributed by atoms with Crippen molar-refractivity contribution in [2.45, 2.75) is 42.8 Å². The number of sulfonamides is 1. The lowest BCUT2D eigenvalue weighted by Gasteiger charge is -2.32. The zero-order valence-corrected chi connectivity index (χ0v) is 15.3. The minimum absolute atomic E-state index is 0.0686. The van der Waals surface area contributed by atoms with Crippen molar-refractivity contribution in [2.24, 2.45) is 5.92 Å². The van der Waals surface area contributed by atoms with Crippen LogP contribution in [0.5, 0.6) is 0 Å². The second kappa shape index (κ2) is 7.75. The molecule has 2 rings (SSSR count). The summed E-state index contributed by atoms with van der Waals surface area (Å²) in [6, 6.07) is 5.13. The molecule has 1 aromatic carbocycles. The highest BCUT2D eigenvalue weighted by Crippen LogP contribution is 2.44. The number of nitro groups is 1. The Hall–Kier alpha value is -1.94. The van der Waals surface area contributed by atoms with E-state index in [2.05, 4.69) is 0 Å². The smallest absolute Gasteiger partial charge is 0.300 e. The molecule has 1 fully saturated rings. The summed E-state index contributed by atoms with van der Waals surface area (Å²) >= 11 is 0. The average molecular weight is 380 g/mol. The molecule has 0 bridgehead atoms. The molecule has 0 spiro atoms. The van der Waals surface area contributed by atoms with Gasteiger partial charge in [0.25, 0.3) is 5.69 Å². The van der Waals surface area contributed by atoms with Gasteiger partial charge in [-0.3, -0.25) is 14.9 Å². The Kier molecular flexibility index (Phi) is 6.07. The summed E-state index contributed by atoms with van der Waals surface area (Å²) in [5.41, 5.74) is -0.501. The van der Waals surface area contributed by atoms with Crippen molar-refractivity contribution in [3.05, 3.63) is 34.4 Å². The predicted octanol–water partition coefficient (Wildman–Crippen LogP) is 2.21. The number of unbranched alkanes of at least 4 members (excludes halogenated alkanes) is 1. The lowest BCUT2D eigenvalue weighted by molar-refractivity contribution is -0.387. The van der Waals surface area contributed by atoms with Crippen LogP contribution in [0.1, 0.15) is 32.6 Å². The standard InChI is InChI=1S/C16H21BN2O6S/c1-2-3-9-16(17,15(20)21)12-8-10-18(11-12)26(24,25)14-7-5-4-6-13(14)19(22)23/h4-7,12H,2-3,8-11H2,1H3,(H,20,21)/t12-,16?/m0/s1. The highest BCUT2D eigenvalue weighted by molar-refractivity contribution is 7.89. The van der Waals surface area contributed by atoms with Gasteiger partial charge in [-0.1, -0.05) is 31.9 Å². The van der Waals surface area contributed by atoms with Crippen LogP contribution >= 0.6 is 0 Å². The molecule has 0 aliphatic carbocycles. The van der Waals surface area contributed by atoms with E-state index < -0.39 is 42.7 Å². The van der Waals surface area contributed by atoms with E-state index in [1.807, 2.05) is 6.92 Å². The van der Waals surface area contributed by atoms with Crippen LogP contribution in [0.4, 0.5) is 5.69 Å². The van der Waals surface area contributed by atoms with Crippen LogP contribution in [-0.4, -0.2) is 49.7 Å². The van der Waals surface area contributed by atoms with Gasteiger partial charge in [0.1, 0.15) is 0 Å². The first-order chi connectivity index (χ1) is 12.1. The molecule has 2 atom stereocenters. The Bertz CT molecular complexity index is 800. The summed E-state index contributed by atoms with van der Waals surface area (Å²) in [5.74, 6) is -1.70. The summed E-state index contributed by atoms with van der Waals surface area (Å²) in [4.78, 5) is 21.7. The van der Waals surface area contributed by atoms with Crippen molar-refractivity contribution in [1.82, 2.24) is 4.31 Å². The third kappa shape index (κ3) is 3.75. The Morgan fingerprint density at radius 1 is 1.46 bits per heavy atom. The Labute approximate surface area is 153 Å². The van der Waals surface area contributed by atoms with Gasteiger partial charge >= 0.3 is 5.97 Å². The number of carbonyl (C=O) groups is 1. The molecule has 140 valence electrons. The van der Waals surface area contributed by atoms with Crippen LogP contribution in [-0.2, 0) is 14.8 Å². The Morgan fingerprint density at radius 2 is 2.12 bits per heavy atom. The maximum atomic E-state index is 12.8. The topological polar surface area (TPSA) is 118 Å². The molecule has 8 nitrogen and oxygen atoms in total. The lowest BCUT2D eigenvalue weighted by Crippen LogP contribution is -2.36. The molecule has 1 aliphatic rings. The SMILES string of the molecule is [B]C(CCCC)(C(=O)O)[C@H]1CCN(S(=O)(=O)c2ccccc2[N+](=O)[O-])C1. The van der Waals surface area contributed by atoms with Gasteiger partial charge in [-0.05, 0) is 24.8 Å². The van der Waals surface area contributed by atoms with Gasteiger partial charge in [-0.15, -0.1) is 0 Å². The van der Waals surface area contributed by atoms with E-state index in [9.17, 15) is 28.4 Å². The fourth-order valence-corrected chi connectivity index (χ4v) is 4.94. The number of carboxylic acid groups (broad SMARTS) is 1. The quantitative estimate of drug-likeness (QED) is 0.420. The van der Waals surface area contributed by atoms with Crippen molar-refractivity contribution >= 4 is 29.5 Å². The van der Waals surface area contributed by atoms with Crippen molar-refractivity contribution in [1.29, 1.82) is 0 Å². The number of benzene rings is 1. The molecule has 1 unspecified atom stereocenters. The normalized spacial score (nSPS) is 20.6. The summed E-state index contributed by atoms with van der Waals surface area (Å²) < 4.78 is 26.8. The second-order valence-corrected chi connectivity index (χ2v) is 8.43. The fourth-order valence-electron chi connectivity index (χ4n) is 3.29. The van der Waals surface area contributed by atoms with Crippen LogP contribution in [0.15, 0.2) is 29.2 Å². The summed E-state index contributed by atoms with van der Waals surface area (Å²) in [6.45, 7) is 1.93. The first kappa shape index (κ1) is 20.4. The van der Waals surface area contributed by atoms with Gasteiger partial charge in [0.15, 0.2) is 4.90 Å². The van der Waals surface area contributed by atoms with Crippen LogP contribution in [0, 0.1) is 16.0 Å². The summed E-state index contributed by atoms with van der Waals surface area (Å²) in [7, 11) is 2.01. The zero-order chi connectivity index (χ0) is 19.5. The zero-order valence-electron chi connectivity index (χ0n) is 14.5. The second-order valence-electron chi connectivity index (χ2n) is 6.52. The third-order valence-corrected chi connectivity index (χ3v) is 6.81. The van der Waals surface area contributed by atoms with E-state index in [-0.39, 0.29) is 19.5 Å². The van der Waals surface area contributed by atoms with Crippen LogP contribution in [0.25, 0.3) is 0 Å². The van der Waals surface area contributed by atoms with Crippen molar-refractivity contribution in [2.75, 3.05) is 13.1 Å². The van der Waals surface area contributed by atoms with Crippen molar-refractivity contribution in [3.8, 4) is 0 Å². The third-order valence-electron chi connectivity index (χ3n) is 4.90. The molecular weight excluding hydrogens is 359 g/mol. The van der Waals surface area contributed by atoms with E-state index >= 15 is 0 Å². The number of aliphatic carboxylic acids is 1. The van der Waals surface area contributed by atoms with Gasteiger partial charge in [0.2, 0.25) is 10.0 Å². The number of rotatable bonds is 8. The van der Waals surface area contributed by atoms with E-state index in [0.29, 0.717) is 12.8 Å². The van der Waals surface area contributed by atoms with Crippen LogP contribution < -0.4 is 0 Å². The van der Waals surface area contributed by atoms with E-state index in [0.717, 1.165) is 16.8 Å². The first-order valence-electron chi connectivity index (χ1n) is 8.40. The van der Waals surface area contributed by atoms with Gasteiger partial charge in [0, 0.05) is 24.5 Å². The molecule has 0 amide bonds. The number of hydrogen-bond acceptors (Lipinski definition) is 5. The average Bonchev–Trinajstić information content (AvgIpc) is 3.11. The van der Waals surface area contributed by atoms with Crippen molar-refractivity contribution < 1.29 is 23.2 Å². The van der Waals surface area contributed by atoms with Gasteiger partial charge < -0.3 is 5.11 Å². The van der Waals surface area contributed by atoms with E-state index in [4.69, 9.17) is 7.85 Å². The number of hydrogen-bond donors (Lipinski definition) is 1. The molecule has 1 heterocycles. The highest BCUT2D eigenvalue weighted by atomic mass is 32.2. The van der Waals surface area contributed by atoms with Crippen molar-refractivity contribution in [3.63, 3.8) is 0 Å². The largest absolute Gasteiger partial charge is 0.481 e. The maximum Gasteiger partial charge on any atom is 0.300 e. The molecular formula is C16H21BN2O6S. The molecule has 1 aromatic rings. The fraction of sp³-hybridized carbons (Fsp3) is 0.562. The van der Waals surface area contributed by atoms with E-state index in [1.54, 1.807) is 0 Å². The van der Waals surface area contributed by atoms with Gasteiger partial charge in [-0.25, -0.2) is 8.42 Å². The first-order valence-corrected chi connectivity index (χ1v) is 9.84. The number of carboxylic acids is 1. The summed E-state index contributed by atoms with van der Waals surface area (Å²) in [6.07, 6.45) is 1.95. The molecule has 0 aromatic heterocycles. The maximum absolute atomic E-state index is 12.8. The molecule has 1 aliphatic heterocycles. The predicted molar refractivity (Wildman–Crippen MR) is 95.6 cm³/mol. The minimum atomic E-state index is -4.11. The Morgan fingerprint density at radius 3 is 2.69 bits per heavy atom. The Balaban J connectivity index is 2.30. The highest BCUT2D eigenvalue weighted by Gasteiger charge is 2.46. The van der Waals surface area contributed by atoms with Crippen LogP contribution in [0.3, 0.4) is 0 Å². The number of nitro benzene ring substituents is 1. The molecule has 10 heteroatoms. The lowest BCUT2D eigenvalue weighted by atomic mass is 9.57. The van der Waals surface area contributed by atoms with E-state index in [1.165, 1.54) is 18.2 Å². The van der Waals surface area contributed by atoms with Crippen LogP contribution in [0.2, 0.25) is 5.31 Å². The summed E-state index contributed by atoms with van der Waals surface area (Å²) in [5, 5.41) is 19.2. The molecule has 2 radical (unpaired) electrons. The molecule has 1 saturated heterocycles. The monoisotopic (exact) mass is 380 g/mol. The van der Waals surface area contributed by atoms with Gasteiger partial charge in [0.05, 0.1) is 12.8 Å². The number of nitrogens with zero attached hydrogens (tertiary/aromatic N) is 2. The van der Waals surface area contributed by atoms with Gasteiger partial charge in [-0.2, -0.15) is 4.31 Å². The number of para-hydroxylation sites is 1. The minimum Gasteiger partial charge on any atom is -0.481 e. The molecule has 1 N–H and O–H groups in total.